The van der Waals surface area contributed by atoms with Crippen LogP contribution in [0.4, 0.5) is 14.5 Å². The Hall–Kier alpha value is -1.20. The van der Waals surface area contributed by atoms with Crippen molar-refractivity contribution in [2.45, 2.75) is 19.4 Å². The third-order valence-electron chi connectivity index (χ3n) is 3.50. The molecule has 1 fully saturated rings. The second kappa shape index (κ2) is 6.30. The molecule has 5 heteroatoms. The fourth-order valence-electron chi connectivity index (χ4n) is 2.65. The van der Waals surface area contributed by atoms with Crippen molar-refractivity contribution in [1.29, 1.82) is 0 Å². The Morgan fingerprint density at radius 1 is 1.37 bits per heavy atom. The van der Waals surface area contributed by atoms with E-state index in [4.69, 9.17) is 9.84 Å². The average Bonchev–Trinajstić information content (AvgIpc) is 2.38. The first-order chi connectivity index (χ1) is 9.15. The van der Waals surface area contributed by atoms with E-state index in [0.717, 1.165) is 12.8 Å². The highest BCUT2D eigenvalue weighted by Crippen LogP contribution is 2.29. The summed E-state index contributed by atoms with van der Waals surface area (Å²) in [6.07, 6.45) is 1.91. The first-order valence-corrected chi connectivity index (χ1v) is 6.48. The van der Waals surface area contributed by atoms with Gasteiger partial charge >= 0.3 is 0 Å². The second-order valence-electron chi connectivity index (χ2n) is 4.98. The van der Waals surface area contributed by atoms with Crippen LogP contribution in [0.3, 0.4) is 0 Å². The Bertz CT molecular complexity index is 414. The highest BCUT2D eigenvalue weighted by atomic mass is 19.1. The van der Waals surface area contributed by atoms with Crippen molar-refractivity contribution in [1.82, 2.24) is 0 Å². The zero-order valence-electron chi connectivity index (χ0n) is 11.0. The summed E-state index contributed by atoms with van der Waals surface area (Å²) in [6, 6.07) is 2.39. The highest BCUT2D eigenvalue weighted by molar-refractivity contribution is 5.51. The summed E-state index contributed by atoms with van der Waals surface area (Å²) in [5.74, 6) is -0.917. The summed E-state index contributed by atoms with van der Waals surface area (Å²) < 4.78 is 33.1. The fraction of sp³-hybridized carbons (Fsp3) is 0.571. The van der Waals surface area contributed by atoms with Gasteiger partial charge in [-0.25, -0.2) is 8.78 Å². The lowest BCUT2D eigenvalue weighted by Gasteiger charge is -2.34. The Morgan fingerprint density at radius 3 is 2.63 bits per heavy atom. The Labute approximate surface area is 111 Å². The first-order valence-electron chi connectivity index (χ1n) is 6.48. The van der Waals surface area contributed by atoms with Crippen molar-refractivity contribution in [3.63, 3.8) is 0 Å². The Kier molecular flexibility index (Phi) is 4.71. The Morgan fingerprint density at radius 2 is 2.05 bits per heavy atom. The number of aliphatic hydroxyl groups excluding tert-OH is 1. The van der Waals surface area contributed by atoms with E-state index in [0.29, 0.717) is 25.6 Å². The van der Waals surface area contributed by atoms with E-state index in [9.17, 15) is 8.78 Å². The van der Waals surface area contributed by atoms with Gasteiger partial charge in [-0.15, -0.1) is 0 Å². The summed E-state index contributed by atoms with van der Waals surface area (Å²) in [7, 11) is 1.64. The lowest BCUT2D eigenvalue weighted by molar-refractivity contribution is 0.143. The molecule has 1 aromatic carbocycles. The maximum absolute atomic E-state index is 14.0. The maximum atomic E-state index is 14.0. The fourth-order valence-corrected chi connectivity index (χ4v) is 2.65. The van der Waals surface area contributed by atoms with Gasteiger partial charge in [-0.2, -0.15) is 0 Å². The highest BCUT2D eigenvalue weighted by Gasteiger charge is 2.24. The van der Waals surface area contributed by atoms with Crippen LogP contribution in [0.25, 0.3) is 0 Å². The van der Waals surface area contributed by atoms with Crippen LogP contribution >= 0.6 is 0 Å². The largest absolute Gasteiger partial charge is 0.392 e. The molecule has 1 aliphatic rings. The van der Waals surface area contributed by atoms with Crippen LogP contribution < -0.4 is 4.90 Å². The zero-order valence-corrected chi connectivity index (χ0v) is 11.0. The van der Waals surface area contributed by atoms with E-state index in [1.807, 2.05) is 0 Å². The van der Waals surface area contributed by atoms with E-state index in [1.165, 1.54) is 12.1 Å². The van der Waals surface area contributed by atoms with Crippen LogP contribution in [0.5, 0.6) is 0 Å². The van der Waals surface area contributed by atoms with E-state index in [-0.39, 0.29) is 17.9 Å². The third kappa shape index (κ3) is 3.22. The van der Waals surface area contributed by atoms with E-state index < -0.39 is 11.6 Å². The summed E-state index contributed by atoms with van der Waals surface area (Å²) in [5.41, 5.74) is 0.266. The number of hydrogen-bond donors (Lipinski definition) is 1. The molecule has 0 amide bonds. The van der Waals surface area contributed by atoms with Gasteiger partial charge in [0.25, 0.3) is 0 Å². The number of methoxy groups -OCH3 is 1. The van der Waals surface area contributed by atoms with E-state index in [2.05, 4.69) is 0 Å². The average molecular weight is 271 g/mol. The minimum atomic E-state index is -0.609. The Balaban J connectivity index is 2.21. The molecule has 2 rings (SSSR count). The summed E-state index contributed by atoms with van der Waals surface area (Å²) in [5, 5.41) is 8.94. The molecule has 0 spiro atoms. The normalized spacial score (nSPS) is 19.8. The number of halogens is 2. The molecule has 1 aromatic rings. The van der Waals surface area contributed by atoms with Crippen molar-refractivity contribution in [3.05, 3.63) is 29.3 Å². The van der Waals surface area contributed by atoms with Crippen molar-refractivity contribution in [2.75, 3.05) is 31.7 Å². The van der Waals surface area contributed by atoms with Gasteiger partial charge in [0, 0.05) is 20.2 Å². The molecule has 0 bridgehead atoms. The molecule has 19 heavy (non-hydrogen) atoms. The van der Waals surface area contributed by atoms with Gasteiger partial charge in [0.2, 0.25) is 0 Å². The minimum Gasteiger partial charge on any atom is -0.392 e. The van der Waals surface area contributed by atoms with Crippen LogP contribution in [-0.4, -0.2) is 31.9 Å². The smallest absolute Gasteiger partial charge is 0.149 e. The lowest BCUT2D eigenvalue weighted by Crippen LogP contribution is -2.38. The summed E-state index contributed by atoms with van der Waals surface area (Å²) in [4.78, 5) is 1.74. The van der Waals surface area contributed by atoms with Gasteiger partial charge in [-0.3, -0.25) is 0 Å². The van der Waals surface area contributed by atoms with Crippen LogP contribution in [0.2, 0.25) is 0 Å². The molecule has 1 saturated heterocycles. The van der Waals surface area contributed by atoms with Crippen LogP contribution in [0, 0.1) is 17.6 Å². The first kappa shape index (κ1) is 14.2. The number of hydrogen-bond acceptors (Lipinski definition) is 3. The minimum absolute atomic E-state index is 0.0120. The van der Waals surface area contributed by atoms with Crippen molar-refractivity contribution < 1.29 is 18.6 Å². The van der Waals surface area contributed by atoms with Gasteiger partial charge < -0.3 is 14.7 Å². The predicted octanol–water partition coefficient (Wildman–Crippen LogP) is 2.32. The number of piperidine rings is 1. The monoisotopic (exact) mass is 271 g/mol. The number of aliphatic hydroxyl groups is 1. The molecule has 0 aromatic heterocycles. The molecule has 0 saturated carbocycles. The van der Waals surface area contributed by atoms with E-state index in [1.54, 1.807) is 12.0 Å². The van der Waals surface area contributed by atoms with E-state index >= 15 is 0 Å². The lowest BCUT2D eigenvalue weighted by atomic mass is 9.98. The third-order valence-corrected chi connectivity index (χ3v) is 3.50. The number of ether oxygens (including phenoxy) is 1. The van der Waals surface area contributed by atoms with Crippen molar-refractivity contribution >= 4 is 5.69 Å². The molecule has 1 aliphatic heterocycles. The molecule has 1 unspecified atom stereocenters. The zero-order chi connectivity index (χ0) is 13.8. The topological polar surface area (TPSA) is 32.7 Å². The molecule has 1 atom stereocenters. The molecular weight excluding hydrogens is 252 g/mol. The van der Waals surface area contributed by atoms with Crippen LogP contribution in [0.15, 0.2) is 12.1 Å². The molecule has 0 radical (unpaired) electrons. The number of rotatable bonds is 4. The summed E-state index contributed by atoms with van der Waals surface area (Å²) >= 11 is 0. The van der Waals surface area contributed by atoms with Gasteiger partial charge in [-0.05, 0) is 36.5 Å². The maximum Gasteiger partial charge on any atom is 0.149 e. The van der Waals surface area contributed by atoms with Gasteiger partial charge in [0.1, 0.15) is 17.3 Å². The van der Waals surface area contributed by atoms with Crippen molar-refractivity contribution in [3.8, 4) is 0 Å². The molecule has 1 heterocycles. The molecule has 1 N–H and O–H groups in total. The van der Waals surface area contributed by atoms with Gasteiger partial charge in [0.15, 0.2) is 0 Å². The van der Waals surface area contributed by atoms with Crippen molar-refractivity contribution in [2.24, 2.45) is 5.92 Å². The SMILES string of the molecule is COCC1CCCN(c2c(F)cc(CO)cc2F)C1. The predicted molar refractivity (Wildman–Crippen MR) is 69.1 cm³/mol. The standard InChI is InChI=1S/C14H19F2NO2/c1-19-9-10-3-2-4-17(7-10)14-12(15)5-11(8-18)6-13(14)16/h5-6,10,18H,2-4,7-9H2,1H3. The number of nitrogens with zero attached hydrogens (tertiary/aromatic N) is 1. The second-order valence-corrected chi connectivity index (χ2v) is 4.98. The molecule has 0 aliphatic carbocycles. The molecular formula is C14H19F2NO2. The van der Waals surface area contributed by atoms with Gasteiger partial charge in [0.05, 0.1) is 13.2 Å². The number of anilines is 1. The van der Waals surface area contributed by atoms with Gasteiger partial charge in [-0.1, -0.05) is 0 Å². The van der Waals surface area contributed by atoms with Crippen LogP contribution in [0.1, 0.15) is 18.4 Å². The number of benzene rings is 1. The van der Waals surface area contributed by atoms with Crippen LogP contribution in [-0.2, 0) is 11.3 Å². The molecule has 3 nitrogen and oxygen atoms in total. The summed E-state index contributed by atoms with van der Waals surface area (Å²) in [6.45, 7) is 1.49. The quantitative estimate of drug-likeness (QED) is 0.912. The molecule has 106 valence electrons.